The molecule has 34 heavy (non-hydrogen) atoms. The summed E-state index contributed by atoms with van der Waals surface area (Å²) in [5, 5.41) is 0. The molecule has 3 aliphatic rings. The maximum atomic E-state index is 14.8. The van der Waals surface area contributed by atoms with Crippen LogP contribution >= 0.6 is 11.8 Å². The van der Waals surface area contributed by atoms with Crippen LogP contribution in [0.15, 0.2) is 48.5 Å². The molecular weight excluding hydrogens is 445 g/mol. The van der Waals surface area contributed by atoms with Gasteiger partial charge in [0.2, 0.25) is 5.88 Å². The number of hydrogen-bond donors (Lipinski definition) is 0. The molecule has 1 aromatic heterocycles. The summed E-state index contributed by atoms with van der Waals surface area (Å²) in [4.78, 5) is 4.70. The largest absolute Gasteiger partial charge is 0.486 e. The van der Waals surface area contributed by atoms with Crippen LogP contribution in [0.5, 0.6) is 11.6 Å². The van der Waals surface area contributed by atoms with Crippen molar-refractivity contribution in [1.29, 1.82) is 0 Å². The Kier molecular flexibility index (Phi) is 5.76. The van der Waals surface area contributed by atoms with Crippen LogP contribution in [0.1, 0.15) is 60.6 Å². The molecule has 0 amide bonds. The topological polar surface area (TPSA) is 31.4 Å². The molecule has 1 saturated carbocycles. The van der Waals surface area contributed by atoms with Gasteiger partial charge in [-0.15, -0.1) is 0 Å². The van der Waals surface area contributed by atoms with Crippen LogP contribution in [0.3, 0.4) is 0 Å². The number of aromatic nitrogens is 1. The third kappa shape index (κ3) is 4.31. The number of thioether (sulfide) groups is 1. The highest BCUT2D eigenvalue weighted by Crippen LogP contribution is 2.56. The standard InChI is InChI=1S/C29H30FNO2S/c1-17-24(6-8-29(31-17)33-22-9-11-34-12-10-22)19-3-7-28(30)26(15-19)18(2)32-23-4-5-25-20(14-23)13-21-16-27(21)25/h3-8,14-15,18,21-22,27H,9-13,16H2,1-2H3. The second-order valence-corrected chi connectivity index (χ2v) is 11.1. The Balaban J connectivity index is 1.20. The summed E-state index contributed by atoms with van der Waals surface area (Å²) < 4.78 is 27.1. The van der Waals surface area contributed by atoms with Gasteiger partial charge >= 0.3 is 0 Å². The molecule has 3 unspecified atom stereocenters. The van der Waals surface area contributed by atoms with Crippen molar-refractivity contribution in [3.05, 3.63) is 76.7 Å². The number of benzene rings is 2. The van der Waals surface area contributed by atoms with Gasteiger partial charge in [0.05, 0.1) is 0 Å². The Bertz CT molecular complexity index is 1220. The van der Waals surface area contributed by atoms with Gasteiger partial charge in [-0.1, -0.05) is 12.1 Å². The van der Waals surface area contributed by atoms with Crippen molar-refractivity contribution >= 4 is 11.8 Å². The minimum atomic E-state index is -0.394. The van der Waals surface area contributed by atoms with Crippen LogP contribution in [0.25, 0.3) is 11.1 Å². The molecule has 3 nitrogen and oxygen atoms in total. The van der Waals surface area contributed by atoms with Crippen molar-refractivity contribution < 1.29 is 13.9 Å². The summed E-state index contributed by atoms with van der Waals surface area (Å²) in [5.41, 5.74) is 6.24. The lowest BCUT2D eigenvalue weighted by molar-refractivity contribution is 0.184. The Labute approximate surface area is 205 Å². The fourth-order valence-electron chi connectivity index (χ4n) is 5.49. The molecule has 2 fully saturated rings. The number of halogens is 1. The monoisotopic (exact) mass is 475 g/mol. The van der Waals surface area contributed by atoms with Gasteiger partial charge in [0.1, 0.15) is 23.8 Å². The minimum Gasteiger partial charge on any atom is -0.486 e. The minimum absolute atomic E-state index is 0.249. The van der Waals surface area contributed by atoms with Crippen molar-refractivity contribution in [3.8, 4) is 22.8 Å². The third-order valence-electron chi connectivity index (χ3n) is 7.49. The molecule has 1 aliphatic heterocycles. The molecule has 6 rings (SSSR count). The summed E-state index contributed by atoms with van der Waals surface area (Å²) in [6, 6.07) is 15.6. The lowest BCUT2D eigenvalue weighted by Crippen LogP contribution is -2.22. The first-order chi connectivity index (χ1) is 16.5. The average molecular weight is 476 g/mol. The molecule has 2 aliphatic carbocycles. The Hall–Kier alpha value is -2.53. The zero-order valence-electron chi connectivity index (χ0n) is 19.7. The molecule has 1 saturated heterocycles. The van der Waals surface area contributed by atoms with Crippen molar-refractivity contribution in [3.63, 3.8) is 0 Å². The highest BCUT2D eigenvalue weighted by molar-refractivity contribution is 7.99. The number of aryl methyl sites for hydroxylation is 1. The second-order valence-electron chi connectivity index (χ2n) is 9.88. The van der Waals surface area contributed by atoms with Gasteiger partial charge in [-0.05, 0) is 110 Å². The molecular formula is C29H30FNO2S. The molecule has 2 aromatic carbocycles. The summed E-state index contributed by atoms with van der Waals surface area (Å²) >= 11 is 1.98. The van der Waals surface area contributed by atoms with E-state index in [-0.39, 0.29) is 11.9 Å². The Morgan fingerprint density at radius 2 is 1.91 bits per heavy atom. The van der Waals surface area contributed by atoms with Crippen molar-refractivity contribution in [2.24, 2.45) is 5.92 Å². The maximum Gasteiger partial charge on any atom is 0.213 e. The van der Waals surface area contributed by atoms with Gasteiger partial charge in [0, 0.05) is 22.9 Å². The zero-order chi connectivity index (χ0) is 23.2. The van der Waals surface area contributed by atoms with E-state index in [1.807, 2.05) is 55.9 Å². The van der Waals surface area contributed by atoms with Gasteiger partial charge in [-0.25, -0.2) is 9.37 Å². The number of fused-ring (bicyclic) bond motifs is 3. The number of hydrogen-bond acceptors (Lipinski definition) is 4. The lowest BCUT2D eigenvalue weighted by atomic mass is 9.99. The molecule has 176 valence electrons. The first-order valence-electron chi connectivity index (χ1n) is 12.4. The highest BCUT2D eigenvalue weighted by Gasteiger charge is 2.44. The van der Waals surface area contributed by atoms with Gasteiger partial charge in [0.15, 0.2) is 0 Å². The van der Waals surface area contributed by atoms with Gasteiger partial charge in [-0.2, -0.15) is 11.8 Å². The van der Waals surface area contributed by atoms with Crippen LogP contribution in [-0.4, -0.2) is 22.6 Å². The van der Waals surface area contributed by atoms with E-state index in [1.165, 1.54) is 23.6 Å². The highest BCUT2D eigenvalue weighted by atomic mass is 32.2. The molecule has 3 atom stereocenters. The molecule has 0 bridgehead atoms. The molecule has 0 radical (unpaired) electrons. The number of nitrogens with zero attached hydrogens (tertiary/aromatic N) is 1. The summed E-state index contributed by atoms with van der Waals surface area (Å²) in [6.07, 6.45) is 4.48. The Morgan fingerprint density at radius 1 is 1.06 bits per heavy atom. The van der Waals surface area contributed by atoms with E-state index in [4.69, 9.17) is 14.5 Å². The van der Waals surface area contributed by atoms with Crippen molar-refractivity contribution in [2.75, 3.05) is 11.5 Å². The van der Waals surface area contributed by atoms with Crippen molar-refractivity contribution in [2.45, 2.75) is 57.7 Å². The van der Waals surface area contributed by atoms with Crippen LogP contribution in [0, 0.1) is 18.7 Å². The van der Waals surface area contributed by atoms with E-state index >= 15 is 0 Å². The van der Waals surface area contributed by atoms with E-state index in [2.05, 4.69) is 12.1 Å². The SMILES string of the molecule is Cc1nc(OC2CCSCC2)ccc1-c1ccc(F)c(C(C)Oc2ccc3c(c2)CC2CC32)c1. The molecule has 3 aromatic rings. The predicted octanol–water partition coefficient (Wildman–Crippen LogP) is 7.27. The van der Waals surface area contributed by atoms with E-state index in [0.717, 1.165) is 65.2 Å². The van der Waals surface area contributed by atoms with Crippen LogP contribution < -0.4 is 9.47 Å². The number of ether oxygens (including phenoxy) is 2. The lowest BCUT2D eigenvalue weighted by Gasteiger charge is -2.22. The first-order valence-corrected chi connectivity index (χ1v) is 13.5. The molecule has 2 heterocycles. The van der Waals surface area contributed by atoms with Crippen molar-refractivity contribution in [1.82, 2.24) is 4.98 Å². The number of rotatable bonds is 6. The number of pyridine rings is 1. The van der Waals surface area contributed by atoms with Gasteiger partial charge in [-0.3, -0.25) is 0 Å². The van der Waals surface area contributed by atoms with Gasteiger partial charge in [0.25, 0.3) is 0 Å². The third-order valence-corrected chi connectivity index (χ3v) is 8.54. The van der Waals surface area contributed by atoms with E-state index in [0.29, 0.717) is 11.4 Å². The average Bonchev–Trinajstić information content (AvgIpc) is 3.51. The van der Waals surface area contributed by atoms with Crippen LogP contribution in [0.4, 0.5) is 4.39 Å². The maximum absolute atomic E-state index is 14.8. The quantitative estimate of drug-likeness (QED) is 0.375. The van der Waals surface area contributed by atoms with E-state index in [9.17, 15) is 4.39 Å². The molecule has 0 N–H and O–H groups in total. The predicted molar refractivity (Wildman–Crippen MR) is 135 cm³/mol. The normalized spacial score (nSPS) is 22.1. The Morgan fingerprint density at radius 3 is 2.74 bits per heavy atom. The smallest absolute Gasteiger partial charge is 0.213 e. The molecule has 5 heteroatoms. The first kappa shape index (κ1) is 22.0. The fraction of sp³-hybridized carbons (Fsp3) is 0.414. The summed E-state index contributed by atoms with van der Waals surface area (Å²) in [5.74, 6) is 5.14. The van der Waals surface area contributed by atoms with Crippen LogP contribution in [0.2, 0.25) is 0 Å². The fourth-order valence-corrected chi connectivity index (χ4v) is 6.56. The molecule has 0 spiro atoms. The van der Waals surface area contributed by atoms with Crippen LogP contribution in [-0.2, 0) is 6.42 Å². The van der Waals surface area contributed by atoms with E-state index < -0.39 is 6.10 Å². The second kappa shape index (κ2) is 8.92. The summed E-state index contributed by atoms with van der Waals surface area (Å²) in [7, 11) is 0. The summed E-state index contributed by atoms with van der Waals surface area (Å²) in [6.45, 7) is 3.90. The van der Waals surface area contributed by atoms with Gasteiger partial charge < -0.3 is 9.47 Å². The van der Waals surface area contributed by atoms with E-state index in [1.54, 1.807) is 0 Å². The zero-order valence-corrected chi connectivity index (χ0v) is 20.5.